The smallest absolute Gasteiger partial charge is 0.325 e. The largest absolute Gasteiger partial charge is 0.481 e. The summed E-state index contributed by atoms with van der Waals surface area (Å²) in [5.41, 5.74) is -1.50. The quantitative estimate of drug-likeness (QED) is 0.412. The normalized spacial score (nSPS) is 13.4. The molecular formula is C14H22O7S. The molecule has 0 aromatic heterocycles. The van der Waals surface area contributed by atoms with Crippen LogP contribution in [0.2, 0.25) is 0 Å². The third-order valence-electron chi connectivity index (χ3n) is 3.58. The average Bonchev–Trinajstić information content (AvgIpc) is 2.35. The van der Waals surface area contributed by atoms with Gasteiger partial charge < -0.3 is 10.2 Å². The van der Waals surface area contributed by atoms with Gasteiger partial charge in [0.2, 0.25) is 0 Å². The zero-order chi connectivity index (χ0) is 17.7. The lowest BCUT2D eigenvalue weighted by Crippen LogP contribution is -2.51. The van der Waals surface area contributed by atoms with E-state index in [4.69, 9.17) is 0 Å². The van der Waals surface area contributed by atoms with Gasteiger partial charge in [-0.3, -0.25) is 14.1 Å². The minimum absolute atomic E-state index is 0.353. The van der Waals surface area contributed by atoms with Crippen molar-refractivity contribution in [2.75, 3.05) is 0 Å². The molecule has 0 aliphatic heterocycles. The molecule has 0 radical (unpaired) electrons. The maximum atomic E-state index is 11.8. The first kappa shape index (κ1) is 20.3. The van der Waals surface area contributed by atoms with Crippen LogP contribution in [-0.4, -0.2) is 40.4 Å². The summed E-state index contributed by atoms with van der Waals surface area (Å²) in [6.07, 6.45) is -0.0554. The Balaban J connectivity index is 6.33. The summed E-state index contributed by atoms with van der Waals surface area (Å²) >= 11 is 0. The molecule has 0 aromatic carbocycles. The Kier molecular flexibility index (Phi) is 6.98. The lowest BCUT2D eigenvalue weighted by atomic mass is 9.73. The zero-order valence-corrected chi connectivity index (χ0v) is 13.5. The molecule has 22 heavy (non-hydrogen) atoms. The Hall–Kier alpha value is -1.67. The highest BCUT2D eigenvalue weighted by Gasteiger charge is 2.56. The maximum Gasteiger partial charge on any atom is 0.325 e. The van der Waals surface area contributed by atoms with Crippen molar-refractivity contribution in [3.05, 3.63) is 24.3 Å². The Morgan fingerprint density at radius 3 is 1.59 bits per heavy atom. The second-order valence-corrected chi connectivity index (χ2v) is 6.76. The molecule has 3 N–H and O–H groups in total. The number of aliphatic carboxylic acids is 2. The van der Waals surface area contributed by atoms with Crippen LogP contribution in [-0.2, 0) is 19.7 Å². The van der Waals surface area contributed by atoms with Crippen LogP contribution < -0.4 is 0 Å². The third kappa shape index (κ3) is 4.67. The lowest BCUT2D eigenvalue weighted by molar-refractivity contribution is -0.155. The predicted octanol–water partition coefficient (Wildman–Crippen LogP) is 2.11. The average molecular weight is 334 g/mol. The molecule has 1 unspecified atom stereocenters. The Morgan fingerprint density at radius 1 is 1.05 bits per heavy atom. The molecule has 0 saturated heterocycles. The summed E-state index contributed by atoms with van der Waals surface area (Å²) < 4.78 is 32.3. The molecular weight excluding hydrogens is 312 g/mol. The molecule has 0 rings (SSSR count). The monoisotopic (exact) mass is 334 g/mol. The van der Waals surface area contributed by atoms with Crippen molar-refractivity contribution in [2.24, 2.45) is 5.41 Å². The highest BCUT2D eigenvalue weighted by atomic mass is 32.2. The van der Waals surface area contributed by atoms with Gasteiger partial charge in [0.15, 0.2) is 5.25 Å². The Morgan fingerprint density at radius 2 is 1.41 bits per heavy atom. The van der Waals surface area contributed by atoms with Crippen molar-refractivity contribution < 1.29 is 32.8 Å². The van der Waals surface area contributed by atoms with Gasteiger partial charge in [0.05, 0.1) is 0 Å². The molecule has 0 aliphatic rings. The first-order valence-corrected chi connectivity index (χ1v) is 8.18. The van der Waals surface area contributed by atoms with E-state index in [2.05, 4.69) is 13.2 Å². The molecule has 0 fully saturated rings. The molecule has 7 nitrogen and oxygen atoms in total. The number of rotatable bonds is 10. The lowest BCUT2D eigenvalue weighted by Gasteiger charge is -2.34. The van der Waals surface area contributed by atoms with Crippen molar-refractivity contribution in [1.82, 2.24) is 0 Å². The highest BCUT2D eigenvalue weighted by molar-refractivity contribution is 7.87. The molecule has 8 heteroatoms. The predicted molar refractivity (Wildman–Crippen MR) is 81.1 cm³/mol. The summed E-state index contributed by atoms with van der Waals surface area (Å²) in [6.45, 7) is 10.6. The summed E-state index contributed by atoms with van der Waals surface area (Å²) in [6, 6.07) is 0. The second kappa shape index (κ2) is 7.55. The van der Waals surface area contributed by atoms with E-state index in [1.165, 1.54) is 0 Å². The molecule has 0 amide bonds. The van der Waals surface area contributed by atoms with Crippen LogP contribution in [0, 0.1) is 5.41 Å². The minimum atomic E-state index is -5.14. The van der Waals surface area contributed by atoms with Gasteiger partial charge in [-0.2, -0.15) is 8.42 Å². The van der Waals surface area contributed by atoms with Gasteiger partial charge in [0.25, 0.3) is 10.1 Å². The van der Waals surface area contributed by atoms with E-state index in [9.17, 15) is 32.8 Å². The molecule has 1 atom stereocenters. The van der Waals surface area contributed by atoms with Crippen LogP contribution in [0.5, 0.6) is 0 Å². The van der Waals surface area contributed by atoms with E-state index >= 15 is 0 Å². The molecule has 0 spiro atoms. The first-order chi connectivity index (χ1) is 9.92. The number of carboxylic acids is 2. The van der Waals surface area contributed by atoms with E-state index in [1.807, 2.05) is 0 Å². The van der Waals surface area contributed by atoms with Gasteiger partial charge >= 0.3 is 11.9 Å². The number of carbonyl (C=O) groups is 2. The van der Waals surface area contributed by atoms with E-state index in [0.29, 0.717) is 24.0 Å². The maximum absolute atomic E-state index is 11.8. The molecule has 0 heterocycles. The van der Waals surface area contributed by atoms with Crippen molar-refractivity contribution in [1.29, 1.82) is 0 Å². The van der Waals surface area contributed by atoms with Crippen molar-refractivity contribution in [3.63, 3.8) is 0 Å². The molecule has 126 valence electrons. The zero-order valence-electron chi connectivity index (χ0n) is 12.7. The van der Waals surface area contributed by atoms with Gasteiger partial charge in [-0.25, -0.2) is 0 Å². The molecule has 0 aliphatic carbocycles. The third-order valence-corrected chi connectivity index (χ3v) is 4.83. The van der Waals surface area contributed by atoms with Crippen LogP contribution in [0.1, 0.15) is 39.5 Å². The van der Waals surface area contributed by atoms with Gasteiger partial charge in [-0.05, 0) is 25.7 Å². The summed E-state index contributed by atoms with van der Waals surface area (Å²) in [7, 11) is -5.14. The summed E-state index contributed by atoms with van der Waals surface area (Å²) in [5, 5.41) is 16.3. The van der Waals surface area contributed by atoms with Crippen LogP contribution in [0.15, 0.2) is 24.3 Å². The van der Waals surface area contributed by atoms with Gasteiger partial charge in [-0.1, -0.05) is 38.2 Å². The van der Waals surface area contributed by atoms with E-state index < -0.39 is 32.7 Å². The van der Waals surface area contributed by atoms with Gasteiger partial charge in [0, 0.05) is 0 Å². The van der Waals surface area contributed by atoms with Crippen molar-refractivity contribution in [3.8, 4) is 0 Å². The van der Waals surface area contributed by atoms with Gasteiger partial charge in [0.1, 0.15) is 5.41 Å². The summed E-state index contributed by atoms with van der Waals surface area (Å²) in [4.78, 5) is 23.2. The van der Waals surface area contributed by atoms with Crippen molar-refractivity contribution in [2.45, 2.75) is 44.8 Å². The van der Waals surface area contributed by atoms with Crippen LogP contribution >= 0.6 is 0 Å². The minimum Gasteiger partial charge on any atom is -0.481 e. The SMILES string of the molecule is C=C(CC)CC(CC(=C)CC)(C(=O)O)C(C(=O)O)S(=O)(=O)O. The Labute approximate surface area is 130 Å². The standard InChI is InChI=1S/C14H22O7S/c1-5-9(3)7-14(13(17)18,8-10(4)6-2)11(12(15)16)22(19,20)21/h11H,3-8H2,1-2H3,(H,15,16)(H,17,18)(H,19,20,21). The van der Waals surface area contributed by atoms with E-state index in [0.717, 1.165) is 0 Å². The van der Waals surface area contributed by atoms with Crippen molar-refractivity contribution >= 4 is 22.1 Å². The number of hydrogen-bond acceptors (Lipinski definition) is 4. The topological polar surface area (TPSA) is 129 Å². The first-order valence-electron chi connectivity index (χ1n) is 6.68. The van der Waals surface area contributed by atoms with E-state index in [-0.39, 0.29) is 12.8 Å². The van der Waals surface area contributed by atoms with Crippen LogP contribution in [0.3, 0.4) is 0 Å². The fourth-order valence-corrected chi connectivity index (χ4v) is 3.39. The molecule has 0 saturated carbocycles. The van der Waals surface area contributed by atoms with E-state index in [1.54, 1.807) is 13.8 Å². The highest BCUT2D eigenvalue weighted by Crippen LogP contribution is 2.41. The summed E-state index contributed by atoms with van der Waals surface area (Å²) in [5.74, 6) is -3.54. The fourth-order valence-electron chi connectivity index (χ4n) is 2.30. The number of carboxylic acid groups (broad SMARTS) is 2. The van der Waals surface area contributed by atoms with Crippen LogP contribution in [0.4, 0.5) is 0 Å². The Bertz CT molecular complexity index is 556. The second-order valence-electron chi connectivity index (χ2n) is 5.26. The number of allylic oxidation sites excluding steroid dienone is 2. The van der Waals surface area contributed by atoms with Crippen LogP contribution in [0.25, 0.3) is 0 Å². The molecule has 0 aromatic rings. The number of hydrogen-bond donors (Lipinski definition) is 3. The van der Waals surface area contributed by atoms with Gasteiger partial charge in [-0.15, -0.1) is 0 Å². The molecule has 0 bridgehead atoms. The fraction of sp³-hybridized carbons (Fsp3) is 0.571.